The predicted octanol–water partition coefficient (Wildman–Crippen LogP) is 2.48. The summed E-state index contributed by atoms with van der Waals surface area (Å²) in [6.07, 6.45) is 1.42. The number of hydrogen-bond acceptors (Lipinski definition) is 1. The average molecular weight is 209 g/mol. The van der Waals surface area contributed by atoms with E-state index in [0.29, 0.717) is 19.3 Å². The van der Waals surface area contributed by atoms with Gasteiger partial charge in [-0.1, -0.05) is 0 Å². The van der Waals surface area contributed by atoms with Gasteiger partial charge >= 0.3 is 0 Å². The highest BCUT2D eigenvalue weighted by atomic mass is 35.5. The maximum Gasteiger partial charge on any atom is 0.254 e. The van der Waals surface area contributed by atoms with Gasteiger partial charge in [0.15, 0.2) is 0 Å². The molecule has 0 aromatic carbocycles. The first-order valence-electron chi connectivity index (χ1n) is 4.51. The van der Waals surface area contributed by atoms with E-state index in [1.54, 1.807) is 0 Å². The molecule has 1 nitrogen and oxygen atoms in total. The van der Waals surface area contributed by atoms with Crippen LogP contribution in [0.2, 0.25) is 0 Å². The number of carbonyl (C=O) groups is 1. The molecular weight excluding hydrogens is 198 g/mol. The first-order chi connectivity index (χ1) is 6.05. The van der Waals surface area contributed by atoms with Crippen molar-refractivity contribution >= 4 is 17.4 Å². The van der Waals surface area contributed by atoms with Crippen molar-refractivity contribution in [2.75, 3.05) is 5.88 Å². The summed E-state index contributed by atoms with van der Waals surface area (Å²) < 4.78 is 25.4. The standard InChI is InChI=1S/C9H11ClF2O/c10-4-6(13)1-5-2-7-8(3-5)9(7,11)12/h5,7-8H,1-4H2. The van der Waals surface area contributed by atoms with Crippen molar-refractivity contribution in [3.8, 4) is 0 Å². The zero-order valence-electron chi connectivity index (χ0n) is 7.10. The molecule has 2 aliphatic rings. The quantitative estimate of drug-likeness (QED) is 0.652. The van der Waals surface area contributed by atoms with Crippen LogP contribution in [0, 0.1) is 17.8 Å². The Kier molecular flexibility index (Phi) is 2.10. The fourth-order valence-corrected chi connectivity index (χ4v) is 2.57. The molecule has 2 rings (SSSR count). The third kappa shape index (κ3) is 1.47. The van der Waals surface area contributed by atoms with Crippen molar-refractivity contribution in [1.82, 2.24) is 0 Å². The minimum absolute atomic E-state index is 0.0161. The molecule has 2 aliphatic carbocycles. The minimum Gasteiger partial charge on any atom is -0.298 e. The topological polar surface area (TPSA) is 17.1 Å². The minimum atomic E-state index is -2.42. The van der Waals surface area contributed by atoms with Crippen LogP contribution in [0.4, 0.5) is 8.78 Å². The van der Waals surface area contributed by atoms with E-state index in [1.165, 1.54) is 0 Å². The fourth-order valence-electron chi connectivity index (χ4n) is 2.46. The summed E-state index contributed by atoms with van der Waals surface area (Å²) in [5, 5.41) is 0. The smallest absolute Gasteiger partial charge is 0.254 e. The highest BCUT2D eigenvalue weighted by Gasteiger charge is 2.71. The van der Waals surface area contributed by atoms with E-state index in [0.717, 1.165) is 0 Å². The van der Waals surface area contributed by atoms with Gasteiger partial charge in [0.05, 0.1) is 5.88 Å². The van der Waals surface area contributed by atoms with Crippen LogP contribution in [-0.4, -0.2) is 17.6 Å². The Morgan fingerprint density at radius 1 is 1.38 bits per heavy atom. The molecule has 0 radical (unpaired) electrons. The number of Topliss-reactive ketones (excluding diaryl/α,β-unsaturated/α-hetero) is 1. The Bertz CT molecular complexity index is 228. The molecule has 0 aliphatic heterocycles. The lowest BCUT2D eigenvalue weighted by atomic mass is 9.97. The summed E-state index contributed by atoms with van der Waals surface area (Å²) in [5.74, 6) is -3.11. The molecule has 0 N–H and O–H groups in total. The van der Waals surface area contributed by atoms with Gasteiger partial charge < -0.3 is 0 Å². The number of carbonyl (C=O) groups excluding carboxylic acids is 1. The zero-order chi connectivity index (χ0) is 9.64. The SMILES string of the molecule is O=C(CCl)CC1CC2C(C1)C2(F)F. The Morgan fingerprint density at radius 3 is 2.38 bits per heavy atom. The van der Waals surface area contributed by atoms with Crippen molar-refractivity contribution < 1.29 is 13.6 Å². The largest absolute Gasteiger partial charge is 0.298 e. The predicted molar refractivity (Wildman–Crippen MR) is 45.0 cm³/mol. The maximum absolute atomic E-state index is 12.7. The molecule has 2 fully saturated rings. The van der Waals surface area contributed by atoms with Crippen LogP contribution in [0.5, 0.6) is 0 Å². The van der Waals surface area contributed by atoms with Crippen LogP contribution in [-0.2, 0) is 4.79 Å². The normalized spacial score (nSPS) is 40.1. The molecular formula is C9H11ClF2O. The van der Waals surface area contributed by atoms with Gasteiger partial charge in [-0.3, -0.25) is 4.79 Å². The second-order valence-corrected chi connectivity index (χ2v) is 4.37. The van der Waals surface area contributed by atoms with Crippen molar-refractivity contribution in [2.45, 2.75) is 25.2 Å². The fraction of sp³-hybridized carbons (Fsp3) is 0.889. The van der Waals surface area contributed by atoms with E-state index >= 15 is 0 Å². The Balaban J connectivity index is 1.81. The van der Waals surface area contributed by atoms with Crippen molar-refractivity contribution in [3.63, 3.8) is 0 Å². The molecule has 0 heterocycles. The number of alkyl halides is 3. The Labute approximate surface area is 80.4 Å². The lowest BCUT2D eigenvalue weighted by Gasteiger charge is -2.11. The van der Waals surface area contributed by atoms with Crippen molar-refractivity contribution in [3.05, 3.63) is 0 Å². The summed E-state index contributed by atoms with van der Waals surface area (Å²) in [6.45, 7) is 0. The van der Waals surface area contributed by atoms with Gasteiger partial charge in [-0.25, -0.2) is 8.78 Å². The van der Waals surface area contributed by atoms with E-state index in [-0.39, 0.29) is 17.6 Å². The second-order valence-electron chi connectivity index (χ2n) is 4.10. The van der Waals surface area contributed by atoms with Crippen LogP contribution < -0.4 is 0 Å². The summed E-state index contributed by atoms with van der Waals surface area (Å²) in [5.41, 5.74) is 0. The Hall–Kier alpha value is -0.180. The van der Waals surface area contributed by atoms with Crippen LogP contribution in [0.15, 0.2) is 0 Å². The van der Waals surface area contributed by atoms with Crippen LogP contribution >= 0.6 is 11.6 Å². The van der Waals surface area contributed by atoms with E-state index in [9.17, 15) is 13.6 Å². The van der Waals surface area contributed by atoms with Gasteiger partial charge in [-0.05, 0) is 18.8 Å². The summed E-state index contributed by atoms with van der Waals surface area (Å²) >= 11 is 5.34. The number of hydrogen-bond donors (Lipinski definition) is 0. The Morgan fingerprint density at radius 2 is 1.92 bits per heavy atom. The van der Waals surface area contributed by atoms with Gasteiger partial charge in [0.1, 0.15) is 5.78 Å². The molecule has 4 heteroatoms. The van der Waals surface area contributed by atoms with Crippen molar-refractivity contribution in [1.29, 1.82) is 0 Å². The summed E-state index contributed by atoms with van der Waals surface area (Å²) in [7, 11) is 0. The van der Waals surface area contributed by atoms with Gasteiger partial charge in [0, 0.05) is 18.3 Å². The lowest BCUT2D eigenvalue weighted by Crippen LogP contribution is -2.12. The molecule has 13 heavy (non-hydrogen) atoms. The van der Waals surface area contributed by atoms with Crippen LogP contribution in [0.25, 0.3) is 0 Å². The molecule has 0 aromatic rings. The molecule has 2 atom stereocenters. The molecule has 0 spiro atoms. The van der Waals surface area contributed by atoms with E-state index in [4.69, 9.17) is 11.6 Å². The zero-order valence-corrected chi connectivity index (χ0v) is 7.86. The number of ketones is 1. The first kappa shape index (κ1) is 9.38. The molecule has 2 unspecified atom stereocenters. The van der Waals surface area contributed by atoms with E-state index in [2.05, 4.69) is 0 Å². The first-order valence-corrected chi connectivity index (χ1v) is 5.04. The number of fused-ring (bicyclic) bond motifs is 1. The van der Waals surface area contributed by atoms with Gasteiger partial charge in [0.25, 0.3) is 5.92 Å². The third-order valence-corrected chi connectivity index (χ3v) is 3.50. The summed E-state index contributed by atoms with van der Waals surface area (Å²) in [4.78, 5) is 10.9. The van der Waals surface area contributed by atoms with Crippen LogP contribution in [0.1, 0.15) is 19.3 Å². The molecule has 74 valence electrons. The van der Waals surface area contributed by atoms with Gasteiger partial charge in [0.2, 0.25) is 0 Å². The van der Waals surface area contributed by atoms with Gasteiger partial charge in [-0.15, -0.1) is 11.6 Å². The molecule has 2 saturated carbocycles. The van der Waals surface area contributed by atoms with Crippen molar-refractivity contribution in [2.24, 2.45) is 17.8 Å². The molecule has 0 aromatic heterocycles. The summed E-state index contributed by atoms with van der Waals surface area (Å²) in [6, 6.07) is 0. The van der Waals surface area contributed by atoms with E-state index in [1.807, 2.05) is 0 Å². The number of halogens is 3. The molecule has 0 bridgehead atoms. The van der Waals surface area contributed by atoms with Crippen LogP contribution in [0.3, 0.4) is 0 Å². The third-order valence-electron chi connectivity index (χ3n) is 3.21. The highest BCUT2D eigenvalue weighted by Crippen LogP contribution is 2.66. The monoisotopic (exact) mass is 208 g/mol. The molecule has 0 amide bonds. The van der Waals surface area contributed by atoms with Gasteiger partial charge in [-0.2, -0.15) is 0 Å². The molecule has 0 saturated heterocycles. The maximum atomic E-state index is 12.7. The van der Waals surface area contributed by atoms with E-state index < -0.39 is 17.8 Å². The second kappa shape index (κ2) is 2.91. The number of rotatable bonds is 3. The lowest BCUT2D eigenvalue weighted by molar-refractivity contribution is -0.117. The average Bonchev–Trinajstić information content (AvgIpc) is 2.54. The highest BCUT2D eigenvalue weighted by molar-refractivity contribution is 6.27.